The SMILES string of the molecule is CC(C)c1ccc2c(c1)CCN(S(N)(=O)=O)C2. The summed E-state index contributed by atoms with van der Waals surface area (Å²) in [6.45, 7) is 5.18. The monoisotopic (exact) mass is 254 g/mol. The largest absolute Gasteiger partial charge is 0.277 e. The van der Waals surface area contributed by atoms with Crippen LogP contribution >= 0.6 is 0 Å². The Morgan fingerprint density at radius 3 is 2.59 bits per heavy atom. The molecule has 1 aromatic carbocycles. The molecule has 0 saturated carbocycles. The highest BCUT2D eigenvalue weighted by atomic mass is 32.2. The van der Waals surface area contributed by atoms with Gasteiger partial charge in [-0.1, -0.05) is 32.0 Å². The van der Waals surface area contributed by atoms with E-state index in [2.05, 4.69) is 26.0 Å². The summed E-state index contributed by atoms with van der Waals surface area (Å²) in [6.07, 6.45) is 0.742. The van der Waals surface area contributed by atoms with Crippen LogP contribution in [0.4, 0.5) is 0 Å². The van der Waals surface area contributed by atoms with Crippen molar-refractivity contribution in [1.82, 2.24) is 4.31 Å². The van der Waals surface area contributed by atoms with E-state index in [-0.39, 0.29) is 0 Å². The van der Waals surface area contributed by atoms with E-state index >= 15 is 0 Å². The lowest BCUT2D eigenvalue weighted by molar-refractivity contribution is 0.392. The van der Waals surface area contributed by atoms with Gasteiger partial charge in [0.1, 0.15) is 0 Å². The summed E-state index contributed by atoms with van der Waals surface area (Å²) in [4.78, 5) is 0. The third kappa shape index (κ3) is 2.68. The molecule has 94 valence electrons. The Hall–Kier alpha value is -0.910. The molecule has 0 aliphatic carbocycles. The van der Waals surface area contributed by atoms with Crippen LogP contribution in [0.5, 0.6) is 0 Å². The summed E-state index contributed by atoms with van der Waals surface area (Å²) in [5.41, 5.74) is 3.61. The minimum Gasteiger partial charge on any atom is -0.216 e. The summed E-state index contributed by atoms with van der Waals surface area (Å²) >= 11 is 0. The van der Waals surface area contributed by atoms with Gasteiger partial charge in [-0.3, -0.25) is 0 Å². The molecule has 0 amide bonds. The van der Waals surface area contributed by atoms with Gasteiger partial charge in [-0.05, 0) is 29.0 Å². The smallest absolute Gasteiger partial charge is 0.216 e. The van der Waals surface area contributed by atoms with Crippen molar-refractivity contribution >= 4 is 10.2 Å². The van der Waals surface area contributed by atoms with Crippen LogP contribution in [0.1, 0.15) is 36.5 Å². The van der Waals surface area contributed by atoms with Crippen LogP contribution in [0.25, 0.3) is 0 Å². The first-order valence-corrected chi connectivity index (χ1v) is 7.28. The molecule has 0 fully saturated rings. The third-order valence-electron chi connectivity index (χ3n) is 3.23. The van der Waals surface area contributed by atoms with Gasteiger partial charge >= 0.3 is 0 Å². The Bertz CT molecular complexity index is 523. The fourth-order valence-corrected chi connectivity index (χ4v) is 2.79. The normalized spacial score (nSPS) is 17.2. The van der Waals surface area contributed by atoms with Crippen molar-refractivity contribution in [3.63, 3.8) is 0 Å². The molecule has 1 aromatic rings. The molecule has 1 heterocycles. The average molecular weight is 254 g/mol. The Labute approximate surface area is 103 Å². The molecule has 0 atom stereocenters. The summed E-state index contributed by atoms with van der Waals surface area (Å²) in [6, 6.07) is 6.26. The van der Waals surface area contributed by atoms with Crippen LogP contribution in [0, 0.1) is 0 Å². The maximum atomic E-state index is 11.3. The second-order valence-electron chi connectivity index (χ2n) is 4.81. The van der Waals surface area contributed by atoms with Gasteiger partial charge in [0.2, 0.25) is 0 Å². The van der Waals surface area contributed by atoms with Crippen molar-refractivity contribution < 1.29 is 8.42 Å². The Morgan fingerprint density at radius 2 is 2.00 bits per heavy atom. The zero-order valence-electron chi connectivity index (χ0n) is 10.2. The number of rotatable bonds is 2. The van der Waals surface area contributed by atoms with Crippen LogP contribution < -0.4 is 5.14 Å². The topological polar surface area (TPSA) is 63.4 Å². The van der Waals surface area contributed by atoms with E-state index in [9.17, 15) is 8.42 Å². The Balaban J connectivity index is 2.29. The molecule has 0 spiro atoms. The minimum absolute atomic E-state index is 0.395. The summed E-state index contributed by atoms with van der Waals surface area (Å²) < 4.78 is 23.9. The first kappa shape index (κ1) is 12.5. The van der Waals surface area contributed by atoms with Gasteiger partial charge in [0.15, 0.2) is 0 Å². The van der Waals surface area contributed by atoms with Gasteiger partial charge in [-0.15, -0.1) is 0 Å². The molecule has 5 heteroatoms. The van der Waals surface area contributed by atoms with E-state index in [4.69, 9.17) is 5.14 Å². The first-order valence-electron chi connectivity index (χ1n) is 5.77. The number of nitrogens with two attached hydrogens (primary N) is 1. The molecule has 0 unspecified atom stereocenters. The van der Waals surface area contributed by atoms with Crippen LogP contribution in [-0.2, 0) is 23.2 Å². The number of hydrogen-bond acceptors (Lipinski definition) is 2. The predicted octanol–water partition coefficient (Wildman–Crippen LogP) is 1.37. The van der Waals surface area contributed by atoms with Gasteiger partial charge in [0, 0.05) is 13.1 Å². The lowest BCUT2D eigenvalue weighted by Gasteiger charge is -2.27. The fourth-order valence-electron chi connectivity index (χ4n) is 2.12. The molecule has 0 radical (unpaired) electrons. The van der Waals surface area contributed by atoms with Crippen LogP contribution in [-0.4, -0.2) is 19.3 Å². The molecule has 0 bridgehead atoms. The average Bonchev–Trinajstić information content (AvgIpc) is 2.26. The summed E-state index contributed by atoms with van der Waals surface area (Å²) in [5, 5.41) is 5.14. The summed E-state index contributed by atoms with van der Waals surface area (Å²) in [7, 11) is -3.56. The zero-order valence-corrected chi connectivity index (χ0v) is 11.0. The van der Waals surface area contributed by atoms with E-state index in [1.807, 2.05) is 6.07 Å². The number of hydrogen-bond donors (Lipinski definition) is 1. The lowest BCUT2D eigenvalue weighted by atomic mass is 9.94. The van der Waals surface area contributed by atoms with Crippen molar-refractivity contribution in [2.24, 2.45) is 5.14 Å². The van der Waals surface area contributed by atoms with Crippen LogP contribution in [0.15, 0.2) is 18.2 Å². The molecule has 1 aliphatic heterocycles. The highest BCUT2D eigenvalue weighted by molar-refractivity contribution is 7.86. The standard InChI is InChI=1S/C12H18N2O2S/c1-9(2)10-3-4-12-8-14(17(13,15)16)6-5-11(12)7-10/h3-4,7,9H,5-6,8H2,1-2H3,(H2,13,15,16). The highest BCUT2D eigenvalue weighted by Crippen LogP contribution is 2.24. The van der Waals surface area contributed by atoms with Gasteiger partial charge < -0.3 is 0 Å². The van der Waals surface area contributed by atoms with E-state index in [1.54, 1.807) is 0 Å². The first-order chi connectivity index (χ1) is 7.88. The van der Waals surface area contributed by atoms with E-state index in [0.717, 1.165) is 12.0 Å². The van der Waals surface area contributed by atoms with Crippen molar-refractivity contribution in [2.45, 2.75) is 32.7 Å². The quantitative estimate of drug-likeness (QED) is 0.866. The molecule has 17 heavy (non-hydrogen) atoms. The number of fused-ring (bicyclic) bond motifs is 1. The second-order valence-corrected chi connectivity index (χ2v) is 6.36. The number of benzene rings is 1. The molecular formula is C12H18N2O2S. The van der Waals surface area contributed by atoms with Gasteiger partial charge in [-0.25, -0.2) is 5.14 Å². The second kappa shape index (κ2) is 4.40. The van der Waals surface area contributed by atoms with Crippen molar-refractivity contribution in [3.05, 3.63) is 34.9 Å². The van der Waals surface area contributed by atoms with Crippen LogP contribution in [0.3, 0.4) is 0 Å². The molecular weight excluding hydrogens is 236 g/mol. The number of nitrogens with zero attached hydrogens (tertiary/aromatic N) is 1. The zero-order chi connectivity index (χ0) is 12.6. The summed E-state index contributed by atoms with van der Waals surface area (Å²) in [5.74, 6) is 0.497. The maximum absolute atomic E-state index is 11.3. The molecule has 0 saturated heterocycles. The minimum atomic E-state index is -3.56. The predicted molar refractivity (Wildman–Crippen MR) is 67.8 cm³/mol. The van der Waals surface area contributed by atoms with Crippen molar-refractivity contribution in [1.29, 1.82) is 0 Å². The third-order valence-corrected chi connectivity index (χ3v) is 4.27. The molecule has 2 N–H and O–H groups in total. The van der Waals surface area contributed by atoms with Gasteiger partial charge in [0.25, 0.3) is 10.2 Å². The molecule has 1 aliphatic rings. The fraction of sp³-hybridized carbons (Fsp3) is 0.500. The van der Waals surface area contributed by atoms with E-state index in [0.29, 0.717) is 19.0 Å². The molecule has 4 nitrogen and oxygen atoms in total. The van der Waals surface area contributed by atoms with E-state index in [1.165, 1.54) is 15.4 Å². The lowest BCUT2D eigenvalue weighted by Crippen LogP contribution is -2.40. The van der Waals surface area contributed by atoms with Gasteiger partial charge in [-0.2, -0.15) is 12.7 Å². The maximum Gasteiger partial charge on any atom is 0.277 e. The van der Waals surface area contributed by atoms with Crippen molar-refractivity contribution in [3.8, 4) is 0 Å². The van der Waals surface area contributed by atoms with Gasteiger partial charge in [0.05, 0.1) is 0 Å². The Morgan fingerprint density at radius 1 is 1.29 bits per heavy atom. The highest BCUT2D eigenvalue weighted by Gasteiger charge is 2.23. The van der Waals surface area contributed by atoms with Crippen molar-refractivity contribution in [2.75, 3.05) is 6.54 Å². The van der Waals surface area contributed by atoms with Crippen LogP contribution in [0.2, 0.25) is 0 Å². The molecule has 0 aromatic heterocycles. The van der Waals surface area contributed by atoms with E-state index < -0.39 is 10.2 Å². The Kier molecular flexibility index (Phi) is 3.25. The molecule has 2 rings (SSSR count).